The van der Waals surface area contributed by atoms with E-state index in [1.807, 2.05) is 43.0 Å². The summed E-state index contributed by atoms with van der Waals surface area (Å²) in [5, 5.41) is 0.214. The molecule has 2 rings (SSSR count). The number of carbonyl (C=O) groups excluding carboxylic acids is 1. The Hall–Kier alpha value is -1.22. The van der Waals surface area contributed by atoms with E-state index >= 15 is 0 Å². The zero-order valence-electron chi connectivity index (χ0n) is 11.4. The number of likely N-dealkylation sites (tertiary alicyclic amines) is 1. The van der Waals surface area contributed by atoms with Gasteiger partial charge in [0.1, 0.15) is 5.75 Å². The van der Waals surface area contributed by atoms with Gasteiger partial charge in [0, 0.05) is 24.0 Å². The van der Waals surface area contributed by atoms with Gasteiger partial charge in [-0.2, -0.15) is 0 Å². The van der Waals surface area contributed by atoms with Gasteiger partial charge in [-0.3, -0.25) is 4.79 Å². The second kappa shape index (κ2) is 6.29. The number of nitrogens with zero attached hydrogens (tertiary/aromatic N) is 1. The molecule has 104 valence electrons. The summed E-state index contributed by atoms with van der Waals surface area (Å²) in [5.74, 6) is 0.880. The quantitative estimate of drug-likeness (QED) is 0.796. The maximum atomic E-state index is 12.3. The number of rotatable bonds is 3. The third-order valence-electron chi connectivity index (χ3n) is 3.18. The number of ether oxygens (including phenoxy) is 1. The van der Waals surface area contributed by atoms with E-state index < -0.39 is 0 Å². The Balaban J connectivity index is 1.99. The molecular weight excluding hydrogens is 262 g/mol. The zero-order valence-corrected chi connectivity index (χ0v) is 12.2. The van der Waals surface area contributed by atoms with Crippen molar-refractivity contribution in [3.63, 3.8) is 0 Å². The van der Waals surface area contributed by atoms with Crippen LogP contribution >= 0.6 is 11.6 Å². The average molecular weight is 282 g/mol. The van der Waals surface area contributed by atoms with Gasteiger partial charge >= 0.3 is 0 Å². The minimum atomic E-state index is 0.0830. The lowest BCUT2D eigenvalue weighted by Crippen LogP contribution is -2.38. The fraction of sp³-hybridized carbons (Fsp3) is 0.533. The molecule has 1 amide bonds. The maximum absolute atomic E-state index is 12.3. The van der Waals surface area contributed by atoms with Gasteiger partial charge in [0.15, 0.2) is 0 Å². The van der Waals surface area contributed by atoms with Crippen LogP contribution in [0.15, 0.2) is 24.3 Å². The highest BCUT2D eigenvalue weighted by Gasteiger charge is 2.22. The number of halogens is 1. The largest absolute Gasteiger partial charge is 0.491 e. The molecule has 0 atom stereocenters. The van der Waals surface area contributed by atoms with Crippen molar-refractivity contribution in [3.8, 4) is 5.75 Å². The van der Waals surface area contributed by atoms with Crippen LogP contribution < -0.4 is 4.74 Å². The van der Waals surface area contributed by atoms with Crippen molar-refractivity contribution in [3.05, 3.63) is 29.8 Å². The molecule has 1 heterocycles. The van der Waals surface area contributed by atoms with E-state index in [1.54, 1.807) is 0 Å². The Morgan fingerprint density at radius 1 is 1.26 bits per heavy atom. The van der Waals surface area contributed by atoms with Gasteiger partial charge in [0.25, 0.3) is 5.91 Å². The summed E-state index contributed by atoms with van der Waals surface area (Å²) in [7, 11) is 0. The highest BCUT2D eigenvalue weighted by atomic mass is 35.5. The predicted octanol–water partition coefficient (Wildman–Crippen LogP) is 3.32. The number of alkyl halides is 1. The van der Waals surface area contributed by atoms with E-state index in [4.69, 9.17) is 16.3 Å². The second-order valence-corrected chi connectivity index (χ2v) is 5.78. The van der Waals surface area contributed by atoms with Gasteiger partial charge in [-0.15, -0.1) is 11.6 Å². The van der Waals surface area contributed by atoms with E-state index in [9.17, 15) is 4.79 Å². The maximum Gasteiger partial charge on any atom is 0.253 e. The first kappa shape index (κ1) is 14.2. The molecule has 19 heavy (non-hydrogen) atoms. The average Bonchev–Trinajstić information content (AvgIpc) is 2.39. The number of hydrogen-bond donors (Lipinski definition) is 0. The first-order chi connectivity index (χ1) is 9.06. The normalized spacial score (nSPS) is 16.7. The smallest absolute Gasteiger partial charge is 0.253 e. The van der Waals surface area contributed by atoms with Crippen molar-refractivity contribution in [2.75, 3.05) is 13.1 Å². The van der Waals surface area contributed by atoms with Crippen molar-refractivity contribution in [1.29, 1.82) is 0 Å². The summed E-state index contributed by atoms with van der Waals surface area (Å²) in [6, 6.07) is 7.35. The molecule has 1 aliphatic heterocycles. The van der Waals surface area contributed by atoms with E-state index in [0.29, 0.717) is 5.56 Å². The van der Waals surface area contributed by atoms with Gasteiger partial charge in [0.05, 0.1) is 6.10 Å². The third-order valence-corrected chi connectivity index (χ3v) is 3.62. The molecule has 4 heteroatoms. The molecular formula is C15H20ClNO2. The van der Waals surface area contributed by atoms with Crippen molar-refractivity contribution in [2.45, 2.75) is 38.2 Å². The third kappa shape index (κ3) is 3.87. The molecule has 0 spiro atoms. The summed E-state index contributed by atoms with van der Waals surface area (Å²) in [6.07, 6.45) is 1.90. The number of hydrogen-bond acceptors (Lipinski definition) is 2. The van der Waals surface area contributed by atoms with Gasteiger partial charge < -0.3 is 9.64 Å². The van der Waals surface area contributed by atoms with E-state index in [-0.39, 0.29) is 17.4 Å². The Morgan fingerprint density at radius 3 is 2.37 bits per heavy atom. The molecule has 1 aromatic rings. The van der Waals surface area contributed by atoms with Crippen LogP contribution in [0, 0.1) is 0 Å². The minimum absolute atomic E-state index is 0.0830. The fourth-order valence-electron chi connectivity index (χ4n) is 2.18. The Labute approximate surface area is 119 Å². The summed E-state index contributed by atoms with van der Waals surface area (Å²) in [4.78, 5) is 14.2. The molecule has 1 aromatic carbocycles. The van der Waals surface area contributed by atoms with Crippen molar-refractivity contribution in [2.24, 2.45) is 0 Å². The molecule has 1 aliphatic rings. The number of piperidine rings is 1. The van der Waals surface area contributed by atoms with Crippen LogP contribution in [-0.4, -0.2) is 35.4 Å². The number of benzene rings is 1. The van der Waals surface area contributed by atoms with Gasteiger partial charge in [-0.25, -0.2) is 0 Å². The zero-order chi connectivity index (χ0) is 13.8. The van der Waals surface area contributed by atoms with Crippen LogP contribution in [0.3, 0.4) is 0 Å². The lowest BCUT2D eigenvalue weighted by Gasteiger charge is -2.29. The lowest BCUT2D eigenvalue weighted by atomic mass is 10.1. The molecule has 1 saturated heterocycles. The molecule has 0 saturated carbocycles. The van der Waals surface area contributed by atoms with E-state index in [1.165, 1.54) is 0 Å². The van der Waals surface area contributed by atoms with Gasteiger partial charge in [0.2, 0.25) is 0 Å². The monoisotopic (exact) mass is 281 g/mol. The molecule has 0 aromatic heterocycles. The Kier molecular flexibility index (Phi) is 4.70. The Morgan fingerprint density at radius 2 is 1.84 bits per heavy atom. The molecule has 0 aliphatic carbocycles. The first-order valence-corrected chi connectivity index (χ1v) is 7.20. The Bertz CT molecular complexity index is 422. The van der Waals surface area contributed by atoms with Gasteiger partial charge in [-0.05, 0) is 51.0 Å². The molecule has 1 fully saturated rings. The standard InChI is InChI=1S/C15H20ClNO2/c1-11(2)19-14-5-3-12(4-6-14)15(18)17-9-7-13(16)8-10-17/h3-6,11,13H,7-10H2,1-2H3. The van der Waals surface area contributed by atoms with E-state index in [2.05, 4.69) is 0 Å². The molecule has 3 nitrogen and oxygen atoms in total. The first-order valence-electron chi connectivity index (χ1n) is 6.76. The van der Waals surface area contributed by atoms with Crippen molar-refractivity contribution < 1.29 is 9.53 Å². The van der Waals surface area contributed by atoms with Crippen molar-refractivity contribution in [1.82, 2.24) is 4.90 Å². The molecule has 0 N–H and O–H groups in total. The summed E-state index contributed by atoms with van der Waals surface area (Å²) < 4.78 is 5.57. The van der Waals surface area contributed by atoms with Crippen LogP contribution in [-0.2, 0) is 0 Å². The topological polar surface area (TPSA) is 29.5 Å². The summed E-state index contributed by atoms with van der Waals surface area (Å²) in [6.45, 7) is 5.46. The molecule has 0 bridgehead atoms. The highest BCUT2D eigenvalue weighted by molar-refractivity contribution is 6.20. The van der Waals surface area contributed by atoms with E-state index in [0.717, 1.165) is 31.7 Å². The minimum Gasteiger partial charge on any atom is -0.491 e. The van der Waals surface area contributed by atoms with Crippen LogP contribution in [0.25, 0.3) is 0 Å². The molecule has 0 unspecified atom stereocenters. The van der Waals surface area contributed by atoms with Crippen LogP contribution in [0.2, 0.25) is 0 Å². The highest BCUT2D eigenvalue weighted by Crippen LogP contribution is 2.19. The molecule has 0 radical (unpaired) electrons. The van der Waals surface area contributed by atoms with Crippen LogP contribution in [0.4, 0.5) is 0 Å². The van der Waals surface area contributed by atoms with Gasteiger partial charge in [-0.1, -0.05) is 0 Å². The van der Waals surface area contributed by atoms with Crippen molar-refractivity contribution >= 4 is 17.5 Å². The predicted molar refractivity (Wildman–Crippen MR) is 77.0 cm³/mol. The summed E-state index contributed by atoms with van der Waals surface area (Å²) in [5.41, 5.74) is 0.712. The van der Waals surface area contributed by atoms with Crippen LogP contribution in [0.5, 0.6) is 5.75 Å². The number of amides is 1. The number of carbonyl (C=O) groups is 1. The summed E-state index contributed by atoms with van der Waals surface area (Å²) >= 11 is 6.05. The lowest BCUT2D eigenvalue weighted by molar-refractivity contribution is 0.0726. The van der Waals surface area contributed by atoms with Crippen LogP contribution in [0.1, 0.15) is 37.0 Å². The fourth-order valence-corrected chi connectivity index (χ4v) is 2.38. The SMILES string of the molecule is CC(C)Oc1ccc(C(=O)N2CCC(Cl)CC2)cc1. The second-order valence-electron chi connectivity index (χ2n) is 5.16.